The van der Waals surface area contributed by atoms with Crippen molar-refractivity contribution < 1.29 is 14.3 Å². The van der Waals surface area contributed by atoms with Crippen LogP contribution in [0.5, 0.6) is 0 Å². The zero-order chi connectivity index (χ0) is 11.4. The van der Waals surface area contributed by atoms with Crippen LogP contribution in [-0.4, -0.2) is 18.9 Å². The number of ketones is 1. The lowest BCUT2D eigenvalue weighted by Crippen LogP contribution is -2.05. The lowest BCUT2D eigenvalue weighted by Gasteiger charge is -2.03. The second-order valence-corrected chi connectivity index (χ2v) is 3.53. The van der Waals surface area contributed by atoms with Crippen LogP contribution in [0, 0.1) is 0 Å². The maximum absolute atomic E-state index is 11.1. The van der Waals surface area contributed by atoms with E-state index in [0.717, 1.165) is 5.56 Å². The number of ether oxygens (including phenoxy) is 1. The van der Waals surface area contributed by atoms with E-state index in [4.69, 9.17) is 11.6 Å². The first-order valence-corrected chi connectivity index (χ1v) is 4.78. The molecular formula is C11H11ClO3. The van der Waals surface area contributed by atoms with Gasteiger partial charge in [0.2, 0.25) is 0 Å². The fourth-order valence-electron chi connectivity index (χ4n) is 1.19. The molecule has 0 aliphatic carbocycles. The second kappa shape index (κ2) is 4.94. The zero-order valence-electron chi connectivity index (χ0n) is 8.54. The number of methoxy groups -OCH3 is 1. The van der Waals surface area contributed by atoms with E-state index in [-0.39, 0.29) is 18.2 Å². The van der Waals surface area contributed by atoms with E-state index < -0.39 is 0 Å². The SMILES string of the molecule is COC(=O)Cc1ccc(C(C)=O)c(Cl)c1. The van der Waals surface area contributed by atoms with Crippen molar-refractivity contribution in [3.05, 3.63) is 34.3 Å². The van der Waals surface area contributed by atoms with Crippen LogP contribution in [0.15, 0.2) is 18.2 Å². The first-order chi connectivity index (χ1) is 7.04. The molecule has 0 bridgehead atoms. The molecule has 0 unspecified atom stereocenters. The smallest absolute Gasteiger partial charge is 0.309 e. The van der Waals surface area contributed by atoms with Crippen LogP contribution in [0.1, 0.15) is 22.8 Å². The minimum Gasteiger partial charge on any atom is -0.469 e. The Morgan fingerprint density at radius 2 is 2.07 bits per heavy atom. The van der Waals surface area contributed by atoms with E-state index in [1.807, 2.05) is 0 Å². The van der Waals surface area contributed by atoms with Crippen LogP contribution in [0.3, 0.4) is 0 Å². The summed E-state index contributed by atoms with van der Waals surface area (Å²) >= 11 is 5.88. The molecule has 0 spiro atoms. The molecule has 4 heteroatoms. The molecule has 80 valence electrons. The summed E-state index contributed by atoms with van der Waals surface area (Å²) in [5.41, 5.74) is 1.20. The van der Waals surface area contributed by atoms with Gasteiger partial charge in [0.05, 0.1) is 18.6 Å². The third kappa shape index (κ3) is 3.06. The Morgan fingerprint density at radius 3 is 2.53 bits per heavy atom. The minimum absolute atomic E-state index is 0.0929. The highest BCUT2D eigenvalue weighted by Gasteiger charge is 2.08. The molecule has 0 saturated heterocycles. The highest BCUT2D eigenvalue weighted by Crippen LogP contribution is 2.18. The highest BCUT2D eigenvalue weighted by molar-refractivity contribution is 6.33. The van der Waals surface area contributed by atoms with Crippen LogP contribution in [0.4, 0.5) is 0 Å². The molecule has 15 heavy (non-hydrogen) atoms. The maximum atomic E-state index is 11.1. The number of halogens is 1. The Hall–Kier alpha value is -1.35. The van der Waals surface area contributed by atoms with Gasteiger partial charge in [-0.2, -0.15) is 0 Å². The van der Waals surface area contributed by atoms with Gasteiger partial charge in [0.25, 0.3) is 0 Å². The van der Waals surface area contributed by atoms with Crippen molar-refractivity contribution in [2.75, 3.05) is 7.11 Å². The average Bonchev–Trinajstić information content (AvgIpc) is 2.17. The van der Waals surface area contributed by atoms with E-state index in [1.54, 1.807) is 18.2 Å². The molecule has 0 aromatic heterocycles. The van der Waals surface area contributed by atoms with Crippen molar-refractivity contribution in [3.8, 4) is 0 Å². The molecule has 0 N–H and O–H groups in total. The molecule has 1 aromatic carbocycles. The van der Waals surface area contributed by atoms with Crippen molar-refractivity contribution in [3.63, 3.8) is 0 Å². The average molecular weight is 227 g/mol. The van der Waals surface area contributed by atoms with Gasteiger partial charge in [0, 0.05) is 5.56 Å². The van der Waals surface area contributed by atoms with E-state index >= 15 is 0 Å². The number of Topliss-reactive ketones (excluding diaryl/α,β-unsaturated/α-hetero) is 1. The van der Waals surface area contributed by atoms with Crippen LogP contribution < -0.4 is 0 Å². The molecule has 0 radical (unpaired) electrons. The number of esters is 1. The van der Waals surface area contributed by atoms with E-state index in [2.05, 4.69) is 4.74 Å². The number of carbonyl (C=O) groups excluding carboxylic acids is 2. The molecule has 0 fully saturated rings. The summed E-state index contributed by atoms with van der Waals surface area (Å²) in [6.07, 6.45) is 0.161. The van der Waals surface area contributed by atoms with Crippen molar-refractivity contribution in [2.24, 2.45) is 0 Å². The number of benzene rings is 1. The van der Waals surface area contributed by atoms with E-state index in [9.17, 15) is 9.59 Å². The van der Waals surface area contributed by atoms with Gasteiger partial charge in [-0.25, -0.2) is 0 Å². The summed E-state index contributed by atoms with van der Waals surface area (Å²) in [7, 11) is 1.33. The van der Waals surface area contributed by atoms with Crippen LogP contribution in [0.2, 0.25) is 5.02 Å². The Balaban J connectivity index is 2.91. The third-order valence-corrected chi connectivity index (χ3v) is 2.30. The predicted molar refractivity (Wildman–Crippen MR) is 57.2 cm³/mol. The quantitative estimate of drug-likeness (QED) is 0.587. The van der Waals surface area contributed by atoms with Crippen LogP contribution >= 0.6 is 11.6 Å². The van der Waals surface area contributed by atoms with E-state index in [0.29, 0.717) is 10.6 Å². The molecule has 0 aliphatic rings. The fourth-order valence-corrected chi connectivity index (χ4v) is 1.53. The Morgan fingerprint density at radius 1 is 1.40 bits per heavy atom. The van der Waals surface area contributed by atoms with Gasteiger partial charge in [0.15, 0.2) is 5.78 Å². The van der Waals surface area contributed by atoms with Crippen molar-refractivity contribution >= 4 is 23.4 Å². The summed E-state index contributed by atoms with van der Waals surface area (Å²) in [6.45, 7) is 1.45. The lowest BCUT2D eigenvalue weighted by atomic mass is 10.1. The standard InChI is InChI=1S/C11H11ClO3/c1-7(13)9-4-3-8(5-10(9)12)6-11(14)15-2/h3-5H,6H2,1-2H3. The molecule has 1 aromatic rings. The number of hydrogen-bond acceptors (Lipinski definition) is 3. The summed E-state index contributed by atoms with van der Waals surface area (Å²) in [4.78, 5) is 22.1. The van der Waals surface area contributed by atoms with Crippen molar-refractivity contribution in [1.82, 2.24) is 0 Å². The third-order valence-electron chi connectivity index (χ3n) is 1.99. The van der Waals surface area contributed by atoms with Gasteiger partial charge in [-0.05, 0) is 24.6 Å². The van der Waals surface area contributed by atoms with Gasteiger partial charge in [-0.3, -0.25) is 9.59 Å². The molecule has 1 rings (SSSR count). The Labute approximate surface area is 93.0 Å². The van der Waals surface area contributed by atoms with Gasteiger partial charge in [-0.15, -0.1) is 0 Å². The number of hydrogen-bond donors (Lipinski definition) is 0. The van der Waals surface area contributed by atoms with E-state index in [1.165, 1.54) is 14.0 Å². The van der Waals surface area contributed by atoms with Crippen molar-refractivity contribution in [1.29, 1.82) is 0 Å². The molecule has 0 atom stereocenters. The molecule has 3 nitrogen and oxygen atoms in total. The first kappa shape index (κ1) is 11.7. The topological polar surface area (TPSA) is 43.4 Å². The lowest BCUT2D eigenvalue weighted by molar-refractivity contribution is -0.139. The molecule has 0 aliphatic heterocycles. The van der Waals surface area contributed by atoms with Gasteiger partial charge in [0.1, 0.15) is 0 Å². The zero-order valence-corrected chi connectivity index (χ0v) is 9.30. The minimum atomic E-state index is -0.332. The summed E-state index contributed by atoms with van der Waals surface area (Å²) in [5.74, 6) is -0.425. The maximum Gasteiger partial charge on any atom is 0.309 e. The van der Waals surface area contributed by atoms with Crippen LogP contribution in [0.25, 0.3) is 0 Å². The second-order valence-electron chi connectivity index (χ2n) is 3.12. The highest BCUT2D eigenvalue weighted by atomic mass is 35.5. The molecule has 0 saturated carbocycles. The first-order valence-electron chi connectivity index (χ1n) is 4.40. The molecule has 0 heterocycles. The summed E-state index contributed by atoms with van der Waals surface area (Å²) < 4.78 is 4.52. The predicted octanol–water partition coefficient (Wildman–Crippen LogP) is 2.26. The van der Waals surface area contributed by atoms with Crippen molar-refractivity contribution in [2.45, 2.75) is 13.3 Å². The van der Waals surface area contributed by atoms with Gasteiger partial charge in [-0.1, -0.05) is 17.7 Å². The fraction of sp³-hybridized carbons (Fsp3) is 0.273. The summed E-state index contributed by atoms with van der Waals surface area (Å²) in [6, 6.07) is 4.91. The number of carbonyl (C=O) groups is 2. The summed E-state index contributed by atoms with van der Waals surface area (Å²) in [5, 5.41) is 0.365. The normalized spacial score (nSPS) is 9.80. The van der Waals surface area contributed by atoms with Gasteiger partial charge < -0.3 is 4.74 Å². The monoisotopic (exact) mass is 226 g/mol. The van der Waals surface area contributed by atoms with Crippen LogP contribution in [-0.2, 0) is 16.0 Å². The number of rotatable bonds is 3. The molecule has 0 amide bonds. The molecular weight excluding hydrogens is 216 g/mol. The van der Waals surface area contributed by atoms with Gasteiger partial charge >= 0.3 is 5.97 Å². The Bertz CT molecular complexity index is 399. The largest absolute Gasteiger partial charge is 0.469 e. The Kier molecular flexibility index (Phi) is 3.86.